The van der Waals surface area contributed by atoms with E-state index in [-0.39, 0.29) is 23.8 Å². The van der Waals surface area contributed by atoms with Crippen molar-refractivity contribution < 1.29 is 14.7 Å². The third-order valence-corrected chi connectivity index (χ3v) is 3.86. The molecule has 2 rings (SSSR count). The topological polar surface area (TPSA) is 84.2 Å². The van der Waals surface area contributed by atoms with Crippen LogP contribution in [0, 0.1) is 11.8 Å². The highest BCUT2D eigenvalue weighted by Crippen LogP contribution is 2.30. The maximum Gasteiger partial charge on any atom is 0.306 e. The van der Waals surface area contributed by atoms with E-state index >= 15 is 0 Å². The lowest BCUT2D eigenvalue weighted by Gasteiger charge is -2.25. The number of carboxylic acid groups (broad SMARTS) is 1. The van der Waals surface area contributed by atoms with Crippen LogP contribution >= 0.6 is 0 Å². The number of carboxylic acids is 1. The van der Waals surface area contributed by atoms with Crippen LogP contribution in [0.25, 0.3) is 0 Å². The molecule has 0 radical (unpaired) electrons. The van der Waals surface area contributed by atoms with Crippen molar-refractivity contribution in [1.82, 2.24) is 9.78 Å². The third-order valence-electron chi connectivity index (χ3n) is 3.86. The first kappa shape index (κ1) is 14.6. The Morgan fingerprint density at radius 2 is 1.90 bits per heavy atom. The summed E-state index contributed by atoms with van der Waals surface area (Å²) < 4.78 is 1.76. The number of nitrogens with one attached hydrogen (secondary N) is 1. The lowest BCUT2D eigenvalue weighted by atomic mass is 9.81. The molecule has 6 heteroatoms. The molecule has 0 bridgehead atoms. The maximum absolute atomic E-state index is 12.2. The molecule has 0 atom stereocenters. The average Bonchev–Trinajstić information content (AvgIpc) is 2.87. The molecule has 0 spiro atoms. The molecule has 1 saturated carbocycles. The summed E-state index contributed by atoms with van der Waals surface area (Å²) in [6, 6.07) is 1.96. The van der Waals surface area contributed by atoms with Crippen LogP contribution in [0.15, 0.2) is 12.3 Å². The third kappa shape index (κ3) is 3.18. The van der Waals surface area contributed by atoms with Crippen LogP contribution in [0.2, 0.25) is 0 Å². The Morgan fingerprint density at radius 1 is 1.30 bits per heavy atom. The van der Waals surface area contributed by atoms with Gasteiger partial charge in [-0.05, 0) is 39.5 Å². The standard InChI is InChI=1S/C14H21N3O3/c1-9(2)17-12(7-8-15-17)16-13(18)10-3-5-11(6-4-10)14(19)20/h7-11H,3-6H2,1-2H3,(H,16,18)(H,19,20). The van der Waals surface area contributed by atoms with Gasteiger partial charge in [0.15, 0.2) is 0 Å². The van der Waals surface area contributed by atoms with Crippen molar-refractivity contribution in [3.63, 3.8) is 0 Å². The molecule has 0 aliphatic heterocycles. The Balaban J connectivity index is 1.93. The predicted molar refractivity (Wildman–Crippen MR) is 74.3 cm³/mol. The van der Waals surface area contributed by atoms with Crippen LogP contribution in [-0.4, -0.2) is 26.8 Å². The number of aromatic nitrogens is 2. The highest BCUT2D eigenvalue weighted by Gasteiger charge is 2.30. The largest absolute Gasteiger partial charge is 0.481 e. The number of nitrogens with zero attached hydrogens (tertiary/aromatic N) is 2. The second-order valence-electron chi connectivity index (χ2n) is 5.63. The van der Waals surface area contributed by atoms with E-state index in [1.807, 2.05) is 13.8 Å². The molecule has 110 valence electrons. The lowest BCUT2D eigenvalue weighted by Crippen LogP contribution is -2.30. The van der Waals surface area contributed by atoms with Gasteiger partial charge in [-0.1, -0.05) is 0 Å². The van der Waals surface area contributed by atoms with Gasteiger partial charge in [0.05, 0.1) is 12.1 Å². The SMILES string of the molecule is CC(C)n1nccc1NC(=O)C1CCC(C(=O)O)CC1. The molecule has 0 saturated heterocycles. The molecule has 1 aliphatic rings. The Labute approximate surface area is 118 Å². The Bertz CT molecular complexity index is 488. The zero-order valence-electron chi connectivity index (χ0n) is 11.9. The number of carbonyl (C=O) groups is 2. The minimum atomic E-state index is -0.748. The molecule has 1 aliphatic carbocycles. The second kappa shape index (κ2) is 6.07. The monoisotopic (exact) mass is 279 g/mol. The number of anilines is 1. The molecule has 2 N–H and O–H groups in total. The van der Waals surface area contributed by atoms with Crippen molar-refractivity contribution in [1.29, 1.82) is 0 Å². The first-order chi connectivity index (χ1) is 9.49. The number of rotatable bonds is 4. The van der Waals surface area contributed by atoms with Crippen molar-refractivity contribution in [3.8, 4) is 0 Å². The first-order valence-corrected chi connectivity index (χ1v) is 7.06. The summed E-state index contributed by atoms with van der Waals surface area (Å²) in [5.41, 5.74) is 0. The van der Waals surface area contributed by atoms with Gasteiger partial charge >= 0.3 is 5.97 Å². The van der Waals surface area contributed by atoms with Crippen molar-refractivity contribution in [2.45, 2.75) is 45.6 Å². The van der Waals surface area contributed by atoms with Gasteiger partial charge in [-0.15, -0.1) is 0 Å². The van der Waals surface area contributed by atoms with Gasteiger partial charge < -0.3 is 10.4 Å². The molecule has 6 nitrogen and oxygen atoms in total. The number of hydrogen-bond acceptors (Lipinski definition) is 3. The molecule has 1 aromatic heterocycles. The fraction of sp³-hybridized carbons (Fsp3) is 0.643. The van der Waals surface area contributed by atoms with Gasteiger partial charge in [0.2, 0.25) is 5.91 Å². The summed E-state index contributed by atoms with van der Waals surface area (Å²) >= 11 is 0. The first-order valence-electron chi connectivity index (χ1n) is 7.06. The molecule has 1 amide bonds. The van der Waals surface area contributed by atoms with Gasteiger partial charge in [-0.25, -0.2) is 4.68 Å². The smallest absolute Gasteiger partial charge is 0.306 e. The molecular formula is C14H21N3O3. The van der Waals surface area contributed by atoms with Crippen LogP contribution in [0.4, 0.5) is 5.82 Å². The van der Waals surface area contributed by atoms with E-state index in [1.165, 1.54) is 0 Å². The van der Waals surface area contributed by atoms with E-state index in [0.29, 0.717) is 31.5 Å². The number of aliphatic carboxylic acids is 1. The fourth-order valence-corrected chi connectivity index (χ4v) is 2.66. The average molecular weight is 279 g/mol. The molecule has 0 unspecified atom stereocenters. The van der Waals surface area contributed by atoms with Gasteiger partial charge in [-0.3, -0.25) is 9.59 Å². The number of hydrogen-bond donors (Lipinski definition) is 2. The lowest BCUT2D eigenvalue weighted by molar-refractivity contribution is -0.143. The van der Waals surface area contributed by atoms with Crippen molar-refractivity contribution in [3.05, 3.63) is 12.3 Å². The molecular weight excluding hydrogens is 258 g/mol. The van der Waals surface area contributed by atoms with E-state index < -0.39 is 5.97 Å². The predicted octanol–water partition coefficient (Wildman–Crippen LogP) is 2.29. The Morgan fingerprint density at radius 3 is 2.45 bits per heavy atom. The van der Waals surface area contributed by atoms with Gasteiger partial charge in [0, 0.05) is 18.0 Å². The zero-order chi connectivity index (χ0) is 14.7. The molecule has 0 aromatic carbocycles. The molecule has 1 fully saturated rings. The van der Waals surface area contributed by atoms with E-state index in [1.54, 1.807) is 16.9 Å². The van der Waals surface area contributed by atoms with E-state index in [9.17, 15) is 9.59 Å². The van der Waals surface area contributed by atoms with E-state index in [0.717, 1.165) is 0 Å². The van der Waals surface area contributed by atoms with Crippen molar-refractivity contribution >= 4 is 17.7 Å². The van der Waals surface area contributed by atoms with Crippen LogP contribution < -0.4 is 5.32 Å². The van der Waals surface area contributed by atoms with E-state index in [4.69, 9.17) is 5.11 Å². The fourth-order valence-electron chi connectivity index (χ4n) is 2.66. The van der Waals surface area contributed by atoms with Gasteiger partial charge in [0.1, 0.15) is 5.82 Å². The normalized spacial score (nSPS) is 22.8. The summed E-state index contributed by atoms with van der Waals surface area (Å²) in [6.07, 6.45) is 4.10. The van der Waals surface area contributed by atoms with Gasteiger partial charge in [-0.2, -0.15) is 5.10 Å². The Hall–Kier alpha value is -1.85. The summed E-state index contributed by atoms with van der Waals surface area (Å²) in [6.45, 7) is 4.00. The minimum absolute atomic E-state index is 0.0313. The Kier molecular flexibility index (Phi) is 4.42. The van der Waals surface area contributed by atoms with Crippen molar-refractivity contribution in [2.75, 3.05) is 5.32 Å². The second-order valence-corrected chi connectivity index (χ2v) is 5.63. The highest BCUT2D eigenvalue weighted by atomic mass is 16.4. The van der Waals surface area contributed by atoms with Crippen LogP contribution in [0.3, 0.4) is 0 Å². The zero-order valence-corrected chi connectivity index (χ0v) is 11.9. The molecule has 20 heavy (non-hydrogen) atoms. The summed E-state index contributed by atoms with van der Waals surface area (Å²) in [5.74, 6) is -0.468. The molecule has 1 aromatic rings. The number of carbonyl (C=O) groups excluding carboxylic acids is 1. The maximum atomic E-state index is 12.2. The quantitative estimate of drug-likeness (QED) is 0.885. The van der Waals surface area contributed by atoms with Crippen LogP contribution in [0.1, 0.15) is 45.6 Å². The summed E-state index contributed by atoms with van der Waals surface area (Å²) in [5, 5.41) is 16.0. The summed E-state index contributed by atoms with van der Waals surface area (Å²) in [4.78, 5) is 23.1. The van der Waals surface area contributed by atoms with Crippen LogP contribution in [-0.2, 0) is 9.59 Å². The number of amides is 1. The minimum Gasteiger partial charge on any atom is -0.481 e. The van der Waals surface area contributed by atoms with Gasteiger partial charge in [0.25, 0.3) is 0 Å². The van der Waals surface area contributed by atoms with Crippen molar-refractivity contribution in [2.24, 2.45) is 11.8 Å². The van der Waals surface area contributed by atoms with E-state index in [2.05, 4.69) is 10.4 Å². The van der Waals surface area contributed by atoms with Crippen LogP contribution in [0.5, 0.6) is 0 Å². The highest BCUT2D eigenvalue weighted by molar-refractivity contribution is 5.91. The summed E-state index contributed by atoms with van der Waals surface area (Å²) in [7, 11) is 0. The molecule has 1 heterocycles.